The summed E-state index contributed by atoms with van der Waals surface area (Å²) in [4.78, 5) is 36.9. The molecule has 1 aromatic carbocycles. The molecule has 1 aromatic heterocycles. The summed E-state index contributed by atoms with van der Waals surface area (Å²) in [6, 6.07) is 9.55. The molecule has 4 amide bonds. The first-order valence-corrected chi connectivity index (χ1v) is 9.20. The van der Waals surface area contributed by atoms with Gasteiger partial charge in [0.1, 0.15) is 0 Å². The third-order valence-corrected chi connectivity index (χ3v) is 4.94. The normalized spacial score (nSPS) is 14.3. The number of hydrogen-bond donors (Lipinski definition) is 4. The SMILES string of the molecule is NC(=O)NC(CC(=O)Nc1ccccc1C(=O)NC1CC1)c1cccs1. The van der Waals surface area contributed by atoms with Crippen molar-refractivity contribution >= 4 is 34.9 Å². The van der Waals surface area contributed by atoms with Crippen LogP contribution in [0.1, 0.15) is 40.5 Å². The number of benzene rings is 1. The Morgan fingerprint density at radius 3 is 2.58 bits per heavy atom. The number of thiophene rings is 1. The van der Waals surface area contributed by atoms with E-state index in [0.717, 1.165) is 17.7 Å². The van der Waals surface area contributed by atoms with Gasteiger partial charge in [-0.2, -0.15) is 0 Å². The number of hydrogen-bond acceptors (Lipinski definition) is 4. The zero-order chi connectivity index (χ0) is 18.5. The van der Waals surface area contributed by atoms with E-state index in [1.165, 1.54) is 11.3 Å². The Morgan fingerprint density at radius 2 is 1.92 bits per heavy atom. The quantitative estimate of drug-likeness (QED) is 0.598. The molecule has 136 valence electrons. The van der Waals surface area contributed by atoms with Gasteiger partial charge in [-0.05, 0) is 36.4 Å². The summed E-state index contributed by atoms with van der Waals surface area (Å²) in [5.74, 6) is -0.516. The minimum Gasteiger partial charge on any atom is -0.352 e. The lowest BCUT2D eigenvalue weighted by atomic mass is 10.1. The molecule has 3 rings (SSSR count). The highest BCUT2D eigenvalue weighted by molar-refractivity contribution is 7.10. The van der Waals surface area contributed by atoms with Gasteiger partial charge in [-0.3, -0.25) is 9.59 Å². The average Bonchev–Trinajstić information content (AvgIpc) is 3.23. The first-order chi connectivity index (χ1) is 12.5. The summed E-state index contributed by atoms with van der Waals surface area (Å²) in [6.07, 6.45) is 1.99. The second-order valence-electron chi connectivity index (χ2n) is 6.12. The monoisotopic (exact) mass is 372 g/mol. The van der Waals surface area contributed by atoms with Crippen molar-refractivity contribution < 1.29 is 14.4 Å². The number of amides is 4. The van der Waals surface area contributed by atoms with E-state index in [-0.39, 0.29) is 24.3 Å². The summed E-state index contributed by atoms with van der Waals surface area (Å²) in [5.41, 5.74) is 6.08. The molecular weight excluding hydrogens is 352 g/mol. The van der Waals surface area contributed by atoms with Crippen molar-refractivity contribution in [2.45, 2.75) is 31.3 Å². The highest BCUT2D eigenvalue weighted by Gasteiger charge is 2.25. The van der Waals surface area contributed by atoms with Crippen LogP contribution in [-0.2, 0) is 4.79 Å². The second kappa shape index (κ2) is 8.01. The van der Waals surface area contributed by atoms with Crippen molar-refractivity contribution in [3.05, 3.63) is 52.2 Å². The molecule has 26 heavy (non-hydrogen) atoms. The molecule has 0 radical (unpaired) electrons. The van der Waals surface area contributed by atoms with Crippen molar-refractivity contribution in [2.75, 3.05) is 5.32 Å². The van der Waals surface area contributed by atoms with Gasteiger partial charge in [-0.25, -0.2) is 4.79 Å². The third-order valence-electron chi connectivity index (χ3n) is 3.95. The molecule has 1 fully saturated rings. The minimum absolute atomic E-state index is 0.0159. The summed E-state index contributed by atoms with van der Waals surface area (Å²) < 4.78 is 0. The Balaban J connectivity index is 1.68. The maximum atomic E-state index is 12.5. The Hall–Kier alpha value is -2.87. The molecule has 2 aromatic rings. The summed E-state index contributed by atoms with van der Waals surface area (Å²) in [7, 11) is 0. The topological polar surface area (TPSA) is 113 Å². The molecule has 1 unspecified atom stereocenters. The lowest BCUT2D eigenvalue weighted by molar-refractivity contribution is -0.116. The van der Waals surface area contributed by atoms with Crippen molar-refractivity contribution in [2.24, 2.45) is 5.73 Å². The molecule has 0 saturated heterocycles. The van der Waals surface area contributed by atoms with Crippen LogP contribution in [0.4, 0.5) is 10.5 Å². The van der Waals surface area contributed by atoms with E-state index in [4.69, 9.17) is 5.73 Å². The number of nitrogens with two attached hydrogens (primary N) is 1. The molecule has 8 heteroatoms. The van der Waals surface area contributed by atoms with Crippen molar-refractivity contribution in [3.8, 4) is 0 Å². The maximum Gasteiger partial charge on any atom is 0.312 e. The average molecular weight is 372 g/mol. The molecule has 0 aliphatic heterocycles. The second-order valence-corrected chi connectivity index (χ2v) is 7.10. The number of anilines is 1. The third kappa shape index (κ3) is 4.82. The lowest BCUT2D eigenvalue weighted by Gasteiger charge is -2.17. The van der Waals surface area contributed by atoms with Gasteiger partial charge in [0, 0.05) is 10.9 Å². The zero-order valence-corrected chi connectivity index (χ0v) is 14.8. The summed E-state index contributed by atoms with van der Waals surface area (Å²) in [6.45, 7) is 0. The van der Waals surface area contributed by atoms with Gasteiger partial charge in [-0.15, -0.1) is 11.3 Å². The number of nitrogens with one attached hydrogen (secondary N) is 3. The number of rotatable bonds is 7. The van der Waals surface area contributed by atoms with E-state index in [1.54, 1.807) is 24.3 Å². The van der Waals surface area contributed by atoms with Crippen LogP contribution in [0.3, 0.4) is 0 Å². The highest BCUT2D eigenvalue weighted by atomic mass is 32.1. The molecule has 5 N–H and O–H groups in total. The number of primary amides is 1. The van der Waals surface area contributed by atoms with Crippen LogP contribution in [0.2, 0.25) is 0 Å². The lowest BCUT2D eigenvalue weighted by Crippen LogP contribution is -2.35. The molecule has 7 nitrogen and oxygen atoms in total. The fourth-order valence-corrected chi connectivity index (χ4v) is 3.33. The van der Waals surface area contributed by atoms with Gasteiger partial charge in [-0.1, -0.05) is 18.2 Å². The fraction of sp³-hybridized carbons (Fsp3) is 0.278. The van der Waals surface area contributed by atoms with E-state index in [9.17, 15) is 14.4 Å². The van der Waals surface area contributed by atoms with E-state index in [1.807, 2.05) is 17.5 Å². The molecule has 0 bridgehead atoms. The summed E-state index contributed by atoms with van der Waals surface area (Å²) >= 11 is 1.43. The van der Waals surface area contributed by atoms with Gasteiger partial charge < -0.3 is 21.7 Å². The van der Waals surface area contributed by atoms with Gasteiger partial charge in [0.25, 0.3) is 5.91 Å². The molecule has 0 spiro atoms. The number of para-hydroxylation sites is 1. The Morgan fingerprint density at radius 1 is 1.15 bits per heavy atom. The van der Waals surface area contributed by atoms with Gasteiger partial charge in [0.05, 0.1) is 23.7 Å². The van der Waals surface area contributed by atoms with Crippen molar-refractivity contribution in [1.29, 1.82) is 0 Å². The van der Waals surface area contributed by atoms with Crippen LogP contribution < -0.4 is 21.7 Å². The Bertz CT molecular complexity index is 803. The molecule has 1 atom stereocenters. The molecular formula is C18H20N4O3S. The van der Waals surface area contributed by atoms with Crippen molar-refractivity contribution in [1.82, 2.24) is 10.6 Å². The van der Waals surface area contributed by atoms with Crippen LogP contribution >= 0.6 is 11.3 Å². The largest absolute Gasteiger partial charge is 0.352 e. The van der Waals surface area contributed by atoms with Gasteiger partial charge in [0.2, 0.25) is 5.91 Å². The predicted molar refractivity (Wildman–Crippen MR) is 100.0 cm³/mol. The van der Waals surface area contributed by atoms with Gasteiger partial charge in [0.15, 0.2) is 0 Å². The molecule has 1 aliphatic rings. The maximum absolute atomic E-state index is 12.5. The van der Waals surface area contributed by atoms with E-state index in [2.05, 4.69) is 16.0 Å². The molecule has 1 saturated carbocycles. The molecule has 1 heterocycles. The van der Waals surface area contributed by atoms with Crippen LogP contribution in [0.15, 0.2) is 41.8 Å². The zero-order valence-electron chi connectivity index (χ0n) is 14.0. The van der Waals surface area contributed by atoms with E-state index >= 15 is 0 Å². The first-order valence-electron chi connectivity index (χ1n) is 8.32. The van der Waals surface area contributed by atoms with Crippen LogP contribution in [-0.4, -0.2) is 23.9 Å². The number of carbonyl (C=O) groups excluding carboxylic acids is 3. The van der Waals surface area contributed by atoms with E-state index in [0.29, 0.717) is 11.3 Å². The minimum atomic E-state index is -0.694. The smallest absolute Gasteiger partial charge is 0.312 e. The van der Waals surface area contributed by atoms with Crippen LogP contribution in [0.5, 0.6) is 0 Å². The Labute approximate surface area is 155 Å². The van der Waals surface area contributed by atoms with Crippen LogP contribution in [0.25, 0.3) is 0 Å². The number of urea groups is 1. The Kier molecular flexibility index (Phi) is 5.52. The summed E-state index contributed by atoms with van der Waals surface area (Å²) in [5, 5.41) is 10.1. The highest BCUT2D eigenvalue weighted by Crippen LogP contribution is 2.24. The van der Waals surface area contributed by atoms with Crippen molar-refractivity contribution in [3.63, 3.8) is 0 Å². The van der Waals surface area contributed by atoms with E-state index < -0.39 is 12.1 Å². The molecule has 1 aliphatic carbocycles. The standard InChI is InChI=1S/C18H20N4O3S/c19-18(25)22-14(15-6-3-9-26-15)10-16(23)21-13-5-2-1-4-12(13)17(24)20-11-7-8-11/h1-6,9,11,14H,7-8,10H2,(H,20,24)(H,21,23)(H3,19,22,25). The van der Waals surface area contributed by atoms with Crippen LogP contribution in [0, 0.1) is 0 Å². The fourth-order valence-electron chi connectivity index (χ4n) is 2.55. The predicted octanol–water partition coefficient (Wildman–Crippen LogP) is 2.38. The first kappa shape index (κ1) is 17.9. The van der Waals surface area contributed by atoms with Gasteiger partial charge >= 0.3 is 6.03 Å². The number of carbonyl (C=O) groups is 3.